The Bertz CT molecular complexity index is 1190. The van der Waals surface area contributed by atoms with Gasteiger partial charge in [0.1, 0.15) is 41.3 Å². The standard InChI is InChI=1S/C24H27N7O5/c1-29-6-7-31(23(33)13-29)12-16-3-4-22(27-19(16)14-32)30(2)24(34)28-21-9-20(17(10-25)11-26-21)36-15-18-5-8-35-18/h3-4,9,11,14,18H,5-8,12-13,15H2,1-2H3,(H,26,28,34). The van der Waals surface area contributed by atoms with E-state index in [9.17, 15) is 19.6 Å². The van der Waals surface area contributed by atoms with Crippen molar-refractivity contribution in [1.82, 2.24) is 19.8 Å². The number of likely N-dealkylation sites (N-methyl/N-ethyl adjacent to an activating group) is 1. The second-order valence-electron chi connectivity index (χ2n) is 8.64. The zero-order valence-corrected chi connectivity index (χ0v) is 20.1. The molecule has 3 amide bonds. The Morgan fingerprint density at radius 2 is 2.22 bits per heavy atom. The van der Waals surface area contributed by atoms with Crippen molar-refractivity contribution in [3.63, 3.8) is 0 Å². The fraction of sp³-hybridized carbons (Fsp3) is 0.417. The Morgan fingerprint density at radius 1 is 1.42 bits per heavy atom. The third kappa shape index (κ3) is 5.76. The quantitative estimate of drug-likeness (QED) is 0.538. The smallest absolute Gasteiger partial charge is 0.328 e. The highest BCUT2D eigenvalue weighted by atomic mass is 16.5. The average molecular weight is 494 g/mol. The van der Waals surface area contributed by atoms with Gasteiger partial charge in [-0.1, -0.05) is 6.07 Å². The molecule has 2 aromatic heterocycles. The summed E-state index contributed by atoms with van der Waals surface area (Å²) in [5, 5.41) is 12.0. The molecule has 1 atom stereocenters. The Morgan fingerprint density at radius 3 is 2.89 bits per heavy atom. The molecule has 4 rings (SSSR count). The number of nitrogens with zero attached hydrogens (tertiary/aromatic N) is 6. The van der Waals surface area contributed by atoms with Crippen molar-refractivity contribution >= 4 is 29.9 Å². The number of aldehydes is 1. The molecule has 1 N–H and O–H groups in total. The lowest BCUT2D eigenvalue weighted by molar-refractivity contribution is -0.136. The lowest BCUT2D eigenvalue weighted by atomic mass is 10.1. The van der Waals surface area contributed by atoms with Gasteiger partial charge >= 0.3 is 6.03 Å². The molecule has 0 saturated carbocycles. The highest BCUT2D eigenvalue weighted by molar-refractivity contribution is 6.00. The van der Waals surface area contributed by atoms with Crippen molar-refractivity contribution in [2.24, 2.45) is 0 Å². The zero-order valence-electron chi connectivity index (χ0n) is 20.1. The highest BCUT2D eigenvalue weighted by Gasteiger charge is 2.24. The number of anilines is 2. The number of nitrogens with one attached hydrogen (secondary N) is 1. The molecule has 12 nitrogen and oxygen atoms in total. The lowest BCUT2D eigenvalue weighted by Crippen LogP contribution is -2.48. The van der Waals surface area contributed by atoms with Crippen molar-refractivity contribution < 1.29 is 23.9 Å². The lowest BCUT2D eigenvalue weighted by Gasteiger charge is -2.32. The second kappa shape index (κ2) is 11.1. The molecule has 2 aliphatic heterocycles. The summed E-state index contributed by atoms with van der Waals surface area (Å²) >= 11 is 0. The van der Waals surface area contributed by atoms with Gasteiger partial charge in [0.15, 0.2) is 6.29 Å². The number of hydrogen-bond acceptors (Lipinski definition) is 9. The van der Waals surface area contributed by atoms with Gasteiger partial charge < -0.3 is 14.4 Å². The summed E-state index contributed by atoms with van der Waals surface area (Å²) in [4.78, 5) is 50.1. The van der Waals surface area contributed by atoms with Gasteiger partial charge in [0.2, 0.25) is 5.91 Å². The van der Waals surface area contributed by atoms with Crippen LogP contribution in [-0.2, 0) is 16.1 Å². The summed E-state index contributed by atoms with van der Waals surface area (Å²) in [7, 11) is 3.39. The number of hydrogen-bond donors (Lipinski definition) is 1. The molecule has 0 spiro atoms. The fourth-order valence-corrected chi connectivity index (χ4v) is 3.72. The van der Waals surface area contributed by atoms with Gasteiger partial charge in [-0.05, 0) is 13.1 Å². The van der Waals surface area contributed by atoms with Gasteiger partial charge in [-0.15, -0.1) is 0 Å². The topological polar surface area (TPSA) is 141 Å². The number of amides is 3. The van der Waals surface area contributed by atoms with Crippen LogP contribution >= 0.6 is 0 Å². The normalized spacial score (nSPS) is 17.6. The summed E-state index contributed by atoms with van der Waals surface area (Å²) in [6, 6.07) is 6.24. The Kier molecular flexibility index (Phi) is 7.72. The monoisotopic (exact) mass is 493 g/mol. The fourth-order valence-electron chi connectivity index (χ4n) is 3.72. The predicted octanol–water partition coefficient (Wildman–Crippen LogP) is 1.27. The number of aromatic nitrogens is 2. The molecule has 2 aliphatic rings. The molecule has 0 bridgehead atoms. The Labute approximate surface area is 208 Å². The molecule has 2 fully saturated rings. The minimum atomic E-state index is -0.549. The van der Waals surface area contributed by atoms with E-state index in [4.69, 9.17) is 9.47 Å². The number of carbonyl (C=O) groups excluding carboxylic acids is 3. The van der Waals surface area contributed by atoms with Crippen LogP contribution in [0, 0.1) is 11.3 Å². The van der Waals surface area contributed by atoms with Crippen LogP contribution < -0.4 is 15.0 Å². The van der Waals surface area contributed by atoms with E-state index >= 15 is 0 Å². The van der Waals surface area contributed by atoms with Crippen molar-refractivity contribution in [1.29, 1.82) is 5.26 Å². The van der Waals surface area contributed by atoms with Gasteiger partial charge in [0, 0.05) is 51.3 Å². The van der Waals surface area contributed by atoms with Crippen LogP contribution in [0.4, 0.5) is 16.4 Å². The van der Waals surface area contributed by atoms with Crippen LogP contribution in [0.5, 0.6) is 5.75 Å². The van der Waals surface area contributed by atoms with E-state index in [-0.39, 0.29) is 41.4 Å². The van der Waals surface area contributed by atoms with Crippen LogP contribution in [0.2, 0.25) is 0 Å². The first kappa shape index (κ1) is 25.0. The van der Waals surface area contributed by atoms with Crippen LogP contribution in [0.3, 0.4) is 0 Å². The summed E-state index contributed by atoms with van der Waals surface area (Å²) in [5.74, 6) is 0.719. The molecule has 1 unspecified atom stereocenters. The van der Waals surface area contributed by atoms with Crippen LogP contribution in [0.15, 0.2) is 24.4 Å². The van der Waals surface area contributed by atoms with E-state index in [0.717, 1.165) is 13.0 Å². The van der Waals surface area contributed by atoms with Crippen molar-refractivity contribution in [2.45, 2.75) is 19.1 Å². The number of piperazine rings is 1. The van der Waals surface area contributed by atoms with Crippen molar-refractivity contribution in [3.05, 3.63) is 41.2 Å². The van der Waals surface area contributed by atoms with Gasteiger partial charge in [-0.3, -0.25) is 24.7 Å². The molecule has 0 aliphatic carbocycles. The SMILES string of the molecule is CN1CCN(Cc2ccc(N(C)C(=O)Nc3cc(OCC4CCO4)c(C#N)cn3)nc2C=O)C(=O)C1. The van der Waals surface area contributed by atoms with Gasteiger partial charge in [0.05, 0.1) is 18.8 Å². The average Bonchev–Trinajstić information content (AvgIpc) is 2.84. The highest BCUT2D eigenvalue weighted by Crippen LogP contribution is 2.23. The molecular weight excluding hydrogens is 466 g/mol. The number of rotatable bonds is 8. The predicted molar refractivity (Wildman–Crippen MR) is 129 cm³/mol. The Hall–Kier alpha value is -4.08. The summed E-state index contributed by atoms with van der Waals surface area (Å²) in [5.41, 5.74) is 1.00. The van der Waals surface area contributed by atoms with Crippen molar-refractivity contribution in [3.8, 4) is 11.8 Å². The largest absolute Gasteiger partial charge is 0.489 e. The second-order valence-corrected chi connectivity index (χ2v) is 8.64. The van der Waals surface area contributed by atoms with E-state index in [0.29, 0.717) is 43.9 Å². The summed E-state index contributed by atoms with van der Waals surface area (Å²) < 4.78 is 11.0. The molecule has 188 valence electrons. The van der Waals surface area contributed by atoms with Gasteiger partial charge in [-0.2, -0.15) is 5.26 Å². The van der Waals surface area contributed by atoms with Crippen LogP contribution in [-0.4, -0.2) is 91.0 Å². The third-order valence-electron chi connectivity index (χ3n) is 6.07. The van der Waals surface area contributed by atoms with Crippen LogP contribution in [0.25, 0.3) is 0 Å². The summed E-state index contributed by atoms with van der Waals surface area (Å²) in [6.07, 6.45) is 2.82. The molecule has 2 aromatic rings. The maximum absolute atomic E-state index is 12.8. The van der Waals surface area contributed by atoms with E-state index in [1.54, 1.807) is 17.0 Å². The maximum atomic E-state index is 12.8. The third-order valence-corrected chi connectivity index (χ3v) is 6.07. The van der Waals surface area contributed by atoms with E-state index in [2.05, 4.69) is 15.3 Å². The zero-order chi connectivity index (χ0) is 25.7. The molecule has 2 saturated heterocycles. The minimum absolute atomic E-state index is 0.00989. The first-order valence-corrected chi connectivity index (χ1v) is 11.5. The molecule has 36 heavy (non-hydrogen) atoms. The van der Waals surface area contributed by atoms with E-state index < -0.39 is 6.03 Å². The van der Waals surface area contributed by atoms with E-state index in [1.807, 2.05) is 18.0 Å². The van der Waals surface area contributed by atoms with Crippen LogP contribution in [0.1, 0.15) is 28.0 Å². The Balaban J connectivity index is 1.43. The van der Waals surface area contributed by atoms with E-state index in [1.165, 1.54) is 24.2 Å². The molecule has 0 aromatic carbocycles. The number of nitriles is 1. The molecular formula is C24H27N7O5. The molecule has 4 heterocycles. The summed E-state index contributed by atoms with van der Waals surface area (Å²) in [6.45, 7) is 2.91. The number of urea groups is 1. The number of carbonyl (C=O) groups is 3. The molecule has 0 radical (unpaired) electrons. The maximum Gasteiger partial charge on any atom is 0.328 e. The number of ether oxygens (including phenoxy) is 2. The minimum Gasteiger partial charge on any atom is -0.489 e. The number of pyridine rings is 2. The van der Waals surface area contributed by atoms with Gasteiger partial charge in [0.25, 0.3) is 0 Å². The first-order chi connectivity index (χ1) is 17.4. The first-order valence-electron chi connectivity index (χ1n) is 11.5. The van der Waals surface area contributed by atoms with Crippen molar-refractivity contribution in [2.75, 3.05) is 57.2 Å². The molecule has 12 heteroatoms. The van der Waals surface area contributed by atoms with Gasteiger partial charge in [-0.25, -0.2) is 14.8 Å².